The third-order valence-electron chi connectivity index (χ3n) is 3.13. The number of phenolic OH excluding ortho intramolecular Hbond substituents is 1. The number of amides is 1. The van der Waals surface area contributed by atoms with E-state index in [0.717, 1.165) is 23.2 Å². The number of hydrogen-bond acceptors (Lipinski definition) is 3. The van der Waals surface area contributed by atoms with Gasteiger partial charge >= 0.3 is 0 Å². The number of hydrogen-bond donors (Lipinski definition) is 3. The maximum absolute atomic E-state index is 12.0. The molecule has 20 heavy (non-hydrogen) atoms. The van der Waals surface area contributed by atoms with Crippen LogP contribution in [0.5, 0.6) is 5.75 Å². The monoisotopic (exact) mass is 270 g/mol. The van der Waals surface area contributed by atoms with E-state index in [4.69, 9.17) is 5.73 Å². The summed E-state index contributed by atoms with van der Waals surface area (Å²) in [5.41, 5.74) is 8.82. The molecule has 0 aliphatic heterocycles. The Morgan fingerprint density at radius 2 is 1.90 bits per heavy atom. The van der Waals surface area contributed by atoms with Crippen LogP contribution < -0.4 is 11.1 Å². The van der Waals surface area contributed by atoms with E-state index in [0.29, 0.717) is 12.1 Å². The van der Waals surface area contributed by atoms with Crippen molar-refractivity contribution in [2.45, 2.75) is 13.3 Å². The van der Waals surface area contributed by atoms with Crippen LogP contribution in [-0.4, -0.2) is 17.6 Å². The summed E-state index contributed by atoms with van der Waals surface area (Å²) in [4.78, 5) is 12.0. The Morgan fingerprint density at radius 1 is 1.20 bits per heavy atom. The third-order valence-corrected chi connectivity index (χ3v) is 3.13. The highest BCUT2D eigenvalue weighted by atomic mass is 16.3. The molecule has 0 unspecified atom stereocenters. The minimum atomic E-state index is -0.127. The van der Waals surface area contributed by atoms with E-state index >= 15 is 0 Å². The molecular weight excluding hydrogens is 252 g/mol. The van der Waals surface area contributed by atoms with Gasteiger partial charge in [-0.3, -0.25) is 4.79 Å². The van der Waals surface area contributed by atoms with Gasteiger partial charge in [0, 0.05) is 17.8 Å². The fourth-order valence-corrected chi connectivity index (χ4v) is 2.00. The number of benzene rings is 2. The largest absolute Gasteiger partial charge is 0.508 e. The summed E-state index contributed by atoms with van der Waals surface area (Å²) in [6.45, 7) is 2.36. The Labute approximate surface area is 118 Å². The van der Waals surface area contributed by atoms with Crippen molar-refractivity contribution >= 4 is 11.6 Å². The Bertz CT molecular complexity index is 606. The highest BCUT2D eigenvalue weighted by molar-refractivity contribution is 5.95. The highest BCUT2D eigenvalue weighted by Gasteiger charge is 2.08. The van der Waals surface area contributed by atoms with Gasteiger partial charge in [-0.2, -0.15) is 0 Å². The first-order chi connectivity index (χ1) is 9.56. The molecule has 4 N–H and O–H groups in total. The van der Waals surface area contributed by atoms with Gasteiger partial charge in [0.15, 0.2) is 0 Å². The fraction of sp³-hybridized carbons (Fsp3) is 0.188. The number of phenols is 1. The van der Waals surface area contributed by atoms with Crippen LogP contribution in [-0.2, 0) is 6.42 Å². The lowest BCUT2D eigenvalue weighted by molar-refractivity contribution is 0.0953. The topological polar surface area (TPSA) is 75.3 Å². The van der Waals surface area contributed by atoms with E-state index in [9.17, 15) is 9.90 Å². The van der Waals surface area contributed by atoms with Gasteiger partial charge in [0.25, 0.3) is 5.91 Å². The summed E-state index contributed by atoms with van der Waals surface area (Å²) < 4.78 is 0. The fourth-order valence-electron chi connectivity index (χ4n) is 2.00. The van der Waals surface area contributed by atoms with E-state index in [1.165, 1.54) is 6.07 Å². The number of carbonyl (C=O) groups excluding carboxylic acids is 1. The summed E-state index contributed by atoms with van der Waals surface area (Å²) in [5.74, 6) is 0.0406. The highest BCUT2D eigenvalue weighted by Crippen LogP contribution is 2.15. The van der Waals surface area contributed by atoms with Crippen molar-refractivity contribution in [3.63, 3.8) is 0 Å². The molecule has 2 aromatic rings. The van der Waals surface area contributed by atoms with E-state index in [1.807, 2.05) is 24.3 Å². The van der Waals surface area contributed by atoms with Crippen LogP contribution in [0.3, 0.4) is 0 Å². The van der Waals surface area contributed by atoms with Gasteiger partial charge < -0.3 is 16.2 Å². The average molecular weight is 270 g/mol. The first-order valence-corrected chi connectivity index (χ1v) is 6.48. The molecule has 2 aromatic carbocycles. The van der Waals surface area contributed by atoms with Gasteiger partial charge in [-0.25, -0.2) is 0 Å². The molecule has 0 fully saturated rings. The number of nitrogen functional groups attached to an aromatic ring is 1. The van der Waals surface area contributed by atoms with Crippen molar-refractivity contribution in [2.24, 2.45) is 0 Å². The molecule has 0 bridgehead atoms. The molecule has 0 aliphatic carbocycles. The minimum absolute atomic E-state index is 0.127. The predicted molar refractivity (Wildman–Crippen MR) is 79.7 cm³/mol. The van der Waals surface area contributed by atoms with Gasteiger partial charge in [-0.15, -0.1) is 0 Å². The van der Waals surface area contributed by atoms with E-state index in [2.05, 4.69) is 5.32 Å². The van der Waals surface area contributed by atoms with Gasteiger partial charge in [0.05, 0.1) is 0 Å². The molecule has 0 radical (unpaired) electrons. The molecule has 104 valence electrons. The van der Waals surface area contributed by atoms with Gasteiger partial charge in [0.1, 0.15) is 5.75 Å². The first kappa shape index (κ1) is 13.9. The molecule has 4 heteroatoms. The summed E-state index contributed by atoms with van der Waals surface area (Å²) in [6.07, 6.45) is 0.753. The second-order valence-corrected chi connectivity index (χ2v) is 4.75. The van der Waals surface area contributed by atoms with Crippen LogP contribution >= 0.6 is 0 Å². The molecule has 0 aliphatic rings. The lowest BCUT2D eigenvalue weighted by atomic mass is 10.1. The SMILES string of the molecule is Cc1cc(O)ccc1C(=O)NCCc1ccc(N)cc1. The summed E-state index contributed by atoms with van der Waals surface area (Å²) in [5, 5.41) is 12.2. The van der Waals surface area contributed by atoms with Gasteiger partial charge in [-0.1, -0.05) is 12.1 Å². The first-order valence-electron chi connectivity index (χ1n) is 6.48. The molecular formula is C16H18N2O2. The van der Waals surface area contributed by atoms with Crippen molar-refractivity contribution in [1.29, 1.82) is 0 Å². The van der Waals surface area contributed by atoms with Crippen LogP contribution in [0.25, 0.3) is 0 Å². The molecule has 4 nitrogen and oxygen atoms in total. The number of aryl methyl sites for hydroxylation is 1. The minimum Gasteiger partial charge on any atom is -0.508 e. The molecule has 1 amide bonds. The Hall–Kier alpha value is -2.49. The normalized spacial score (nSPS) is 10.2. The summed E-state index contributed by atoms with van der Waals surface area (Å²) in [6, 6.07) is 12.3. The van der Waals surface area contributed by atoms with Gasteiger partial charge in [0.2, 0.25) is 0 Å². The van der Waals surface area contributed by atoms with Crippen LogP contribution in [0.15, 0.2) is 42.5 Å². The van der Waals surface area contributed by atoms with Crippen molar-refractivity contribution < 1.29 is 9.90 Å². The quantitative estimate of drug-likeness (QED) is 0.746. The van der Waals surface area contributed by atoms with Crippen molar-refractivity contribution in [1.82, 2.24) is 5.32 Å². The summed E-state index contributed by atoms with van der Waals surface area (Å²) in [7, 11) is 0. The second kappa shape index (κ2) is 6.10. The Kier molecular flexibility index (Phi) is 4.25. The zero-order valence-electron chi connectivity index (χ0n) is 11.4. The zero-order chi connectivity index (χ0) is 14.5. The Balaban J connectivity index is 1.90. The third kappa shape index (κ3) is 3.51. The molecule has 0 saturated carbocycles. The van der Waals surface area contributed by atoms with E-state index in [-0.39, 0.29) is 11.7 Å². The number of carbonyl (C=O) groups is 1. The standard InChI is InChI=1S/C16H18N2O2/c1-11-10-14(19)6-7-15(11)16(20)18-9-8-12-2-4-13(17)5-3-12/h2-7,10,19H,8-9,17H2,1H3,(H,18,20). The number of rotatable bonds is 4. The second-order valence-electron chi connectivity index (χ2n) is 4.75. The zero-order valence-corrected chi connectivity index (χ0v) is 11.4. The molecule has 0 aromatic heterocycles. The van der Waals surface area contributed by atoms with E-state index in [1.54, 1.807) is 19.1 Å². The number of aromatic hydroxyl groups is 1. The average Bonchev–Trinajstić information content (AvgIpc) is 2.41. The lowest BCUT2D eigenvalue weighted by Gasteiger charge is -2.08. The van der Waals surface area contributed by atoms with Crippen LogP contribution in [0.4, 0.5) is 5.69 Å². The number of anilines is 1. The van der Waals surface area contributed by atoms with E-state index < -0.39 is 0 Å². The molecule has 0 atom stereocenters. The molecule has 0 spiro atoms. The predicted octanol–water partition coefficient (Wildman–Crippen LogP) is 2.26. The van der Waals surface area contributed by atoms with Crippen LogP contribution in [0, 0.1) is 6.92 Å². The Morgan fingerprint density at radius 3 is 2.55 bits per heavy atom. The lowest BCUT2D eigenvalue weighted by Crippen LogP contribution is -2.26. The molecule has 2 rings (SSSR count). The number of nitrogens with one attached hydrogen (secondary N) is 1. The maximum Gasteiger partial charge on any atom is 0.251 e. The van der Waals surface area contributed by atoms with Crippen molar-refractivity contribution in [3.8, 4) is 5.75 Å². The van der Waals surface area contributed by atoms with Gasteiger partial charge in [-0.05, 0) is 54.8 Å². The van der Waals surface area contributed by atoms with Crippen molar-refractivity contribution in [3.05, 3.63) is 59.2 Å². The van der Waals surface area contributed by atoms with Crippen LogP contribution in [0.2, 0.25) is 0 Å². The van der Waals surface area contributed by atoms with Crippen molar-refractivity contribution in [2.75, 3.05) is 12.3 Å². The van der Waals surface area contributed by atoms with Crippen LogP contribution in [0.1, 0.15) is 21.5 Å². The number of nitrogens with two attached hydrogens (primary N) is 1. The molecule has 0 heterocycles. The maximum atomic E-state index is 12.0. The summed E-state index contributed by atoms with van der Waals surface area (Å²) >= 11 is 0. The molecule has 0 saturated heterocycles. The smallest absolute Gasteiger partial charge is 0.251 e.